The molecule has 9 aromatic rings. The van der Waals surface area contributed by atoms with Crippen LogP contribution in [0.4, 0.5) is 34.1 Å². The number of para-hydroxylation sites is 5. The highest BCUT2D eigenvalue weighted by atomic mass is 15.2. The van der Waals surface area contributed by atoms with Crippen molar-refractivity contribution in [2.45, 2.75) is 19.3 Å². The van der Waals surface area contributed by atoms with Crippen LogP contribution in [0.3, 0.4) is 0 Å². The second kappa shape index (κ2) is 12.7. The predicted octanol–water partition coefficient (Wildman–Crippen LogP) is 14.0. The fourth-order valence-corrected chi connectivity index (χ4v) is 8.57. The van der Waals surface area contributed by atoms with Gasteiger partial charge in [-0.1, -0.05) is 117 Å². The molecule has 0 bridgehead atoms. The Hall–Kier alpha value is -6.84. The molecule has 0 fully saturated rings. The minimum atomic E-state index is -0.201. The molecule has 10 rings (SSSR count). The van der Waals surface area contributed by atoms with E-state index in [2.05, 4.69) is 228 Å². The highest BCUT2D eigenvalue weighted by Gasteiger charge is 2.36. The average Bonchev–Trinajstić information content (AvgIpc) is 3.68. The molecule has 3 nitrogen and oxygen atoms in total. The third-order valence-electron chi connectivity index (χ3n) is 11.1. The smallest absolute Gasteiger partial charge is 0.0541 e. The normalized spacial score (nSPS) is 12.8. The van der Waals surface area contributed by atoms with E-state index in [1.807, 2.05) is 0 Å². The van der Waals surface area contributed by atoms with Gasteiger partial charge in [0, 0.05) is 56.0 Å². The summed E-state index contributed by atoms with van der Waals surface area (Å²) in [7, 11) is 0. The van der Waals surface area contributed by atoms with Crippen LogP contribution in [0.15, 0.2) is 200 Å². The van der Waals surface area contributed by atoms with Gasteiger partial charge in [0.15, 0.2) is 0 Å². The Balaban J connectivity index is 1.06. The number of hydrogen-bond donors (Lipinski definition) is 0. The molecule has 258 valence electrons. The molecule has 1 aliphatic carbocycles. The molecule has 1 heterocycles. The van der Waals surface area contributed by atoms with E-state index in [1.54, 1.807) is 0 Å². The number of nitrogens with zero attached hydrogens (tertiary/aromatic N) is 3. The number of benzene rings is 8. The first kappa shape index (κ1) is 31.9. The van der Waals surface area contributed by atoms with E-state index in [0.29, 0.717) is 0 Å². The van der Waals surface area contributed by atoms with E-state index in [4.69, 9.17) is 0 Å². The minimum absolute atomic E-state index is 0.201. The summed E-state index contributed by atoms with van der Waals surface area (Å²) < 4.78 is 2.42. The number of rotatable bonds is 7. The maximum Gasteiger partial charge on any atom is 0.0541 e. The number of anilines is 6. The maximum atomic E-state index is 2.42. The van der Waals surface area contributed by atoms with Crippen molar-refractivity contribution in [1.82, 2.24) is 4.57 Å². The van der Waals surface area contributed by atoms with Gasteiger partial charge in [0.1, 0.15) is 0 Å². The van der Waals surface area contributed by atoms with Crippen LogP contribution < -0.4 is 9.80 Å². The van der Waals surface area contributed by atoms with Crippen LogP contribution in [-0.4, -0.2) is 4.57 Å². The second-order valence-electron chi connectivity index (χ2n) is 14.6. The van der Waals surface area contributed by atoms with E-state index < -0.39 is 0 Å². The molecule has 0 N–H and O–H groups in total. The van der Waals surface area contributed by atoms with Crippen LogP contribution in [-0.2, 0) is 5.41 Å². The molecule has 0 spiro atoms. The fraction of sp³-hybridized carbons (Fsp3) is 0.0588. The van der Waals surface area contributed by atoms with Gasteiger partial charge in [-0.2, -0.15) is 0 Å². The predicted molar refractivity (Wildman–Crippen MR) is 228 cm³/mol. The van der Waals surface area contributed by atoms with Gasteiger partial charge in [0.05, 0.1) is 11.0 Å². The summed E-state index contributed by atoms with van der Waals surface area (Å²) in [6, 6.07) is 72.4. The van der Waals surface area contributed by atoms with Gasteiger partial charge < -0.3 is 14.4 Å². The molecule has 0 atom stereocenters. The Morgan fingerprint density at radius 3 is 1.22 bits per heavy atom. The van der Waals surface area contributed by atoms with Gasteiger partial charge >= 0.3 is 0 Å². The van der Waals surface area contributed by atoms with Crippen LogP contribution >= 0.6 is 0 Å². The van der Waals surface area contributed by atoms with E-state index in [-0.39, 0.29) is 5.41 Å². The van der Waals surface area contributed by atoms with Gasteiger partial charge in [0.2, 0.25) is 0 Å². The molecule has 1 aliphatic rings. The third-order valence-corrected chi connectivity index (χ3v) is 11.1. The maximum absolute atomic E-state index is 2.42. The van der Waals surface area contributed by atoms with Gasteiger partial charge in [-0.25, -0.2) is 0 Å². The molecule has 0 aliphatic heterocycles. The zero-order valence-electron chi connectivity index (χ0n) is 30.4. The van der Waals surface area contributed by atoms with Crippen molar-refractivity contribution in [2.24, 2.45) is 0 Å². The van der Waals surface area contributed by atoms with Gasteiger partial charge in [-0.15, -0.1) is 0 Å². The largest absolute Gasteiger partial charge is 0.311 e. The highest BCUT2D eigenvalue weighted by molar-refractivity contribution is 6.09. The molecular formula is C51H39N3. The zero-order chi connectivity index (χ0) is 36.2. The Morgan fingerprint density at radius 2 is 0.722 bits per heavy atom. The second-order valence-corrected chi connectivity index (χ2v) is 14.6. The van der Waals surface area contributed by atoms with Crippen LogP contribution in [0.5, 0.6) is 0 Å². The first-order valence-electron chi connectivity index (χ1n) is 18.7. The number of hydrogen-bond acceptors (Lipinski definition) is 2. The lowest BCUT2D eigenvalue weighted by Gasteiger charge is -2.29. The van der Waals surface area contributed by atoms with Gasteiger partial charge in [0.25, 0.3) is 0 Å². The van der Waals surface area contributed by atoms with Crippen molar-refractivity contribution in [2.75, 3.05) is 9.80 Å². The number of fused-ring (bicyclic) bond motifs is 6. The van der Waals surface area contributed by atoms with Crippen molar-refractivity contribution in [3.05, 3.63) is 211 Å². The molecule has 0 amide bonds. The third kappa shape index (κ3) is 5.12. The van der Waals surface area contributed by atoms with Crippen molar-refractivity contribution in [3.63, 3.8) is 0 Å². The fourth-order valence-electron chi connectivity index (χ4n) is 8.57. The number of aromatic nitrogens is 1. The Morgan fingerprint density at radius 1 is 0.352 bits per heavy atom. The van der Waals surface area contributed by atoms with Crippen LogP contribution in [0.25, 0.3) is 38.6 Å². The zero-order valence-corrected chi connectivity index (χ0v) is 30.4. The van der Waals surface area contributed by atoms with E-state index in [0.717, 1.165) is 34.1 Å². The molecule has 0 radical (unpaired) electrons. The monoisotopic (exact) mass is 693 g/mol. The quantitative estimate of drug-likeness (QED) is 0.165. The summed E-state index contributed by atoms with van der Waals surface area (Å²) in [5.41, 5.74) is 15.5. The van der Waals surface area contributed by atoms with E-state index >= 15 is 0 Å². The van der Waals surface area contributed by atoms with E-state index in [9.17, 15) is 0 Å². The summed E-state index contributed by atoms with van der Waals surface area (Å²) in [5, 5.41) is 2.56. The summed E-state index contributed by atoms with van der Waals surface area (Å²) in [5.74, 6) is 0. The van der Waals surface area contributed by atoms with Crippen molar-refractivity contribution < 1.29 is 0 Å². The minimum Gasteiger partial charge on any atom is -0.311 e. The summed E-state index contributed by atoms with van der Waals surface area (Å²) in [4.78, 5) is 4.68. The van der Waals surface area contributed by atoms with Crippen molar-refractivity contribution in [1.29, 1.82) is 0 Å². The topological polar surface area (TPSA) is 11.4 Å². The summed E-state index contributed by atoms with van der Waals surface area (Å²) in [6.07, 6.45) is 0. The molecule has 1 aromatic heterocycles. The molecule has 3 heteroatoms. The first-order chi connectivity index (χ1) is 26.6. The van der Waals surface area contributed by atoms with Crippen LogP contribution in [0, 0.1) is 0 Å². The Bertz CT molecular complexity index is 2690. The molecule has 0 unspecified atom stereocenters. The Labute approximate surface area is 316 Å². The molecule has 0 saturated heterocycles. The lowest BCUT2D eigenvalue weighted by Crippen LogP contribution is -2.17. The molecule has 8 aromatic carbocycles. The molecular weight excluding hydrogens is 655 g/mol. The van der Waals surface area contributed by atoms with Crippen molar-refractivity contribution in [3.8, 4) is 16.8 Å². The van der Waals surface area contributed by atoms with Crippen LogP contribution in [0.2, 0.25) is 0 Å². The SMILES string of the molecule is CC1(C)c2cc(N(c3ccccc3)c3ccc(N(c4ccccc4)c4ccccc4)cc3)ccc2-c2ccc(-n3c4ccccc4c4ccccc43)cc21. The van der Waals surface area contributed by atoms with Crippen LogP contribution in [0.1, 0.15) is 25.0 Å². The highest BCUT2D eigenvalue weighted by Crippen LogP contribution is 2.51. The molecule has 0 saturated carbocycles. The average molecular weight is 694 g/mol. The van der Waals surface area contributed by atoms with Crippen molar-refractivity contribution >= 4 is 55.9 Å². The lowest BCUT2D eigenvalue weighted by atomic mass is 9.82. The van der Waals surface area contributed by atoms with Gasteiger partial charge in [-0.3, -0.25) is 0 Å². The summed E-state index contributed by atoms with van der Waals surface area (Å²) >= 11 is 0. The first-order valence-corrected chi connectivity index (χ1v) is 18.7. The standard InChI is InChI=1S/C51H39N3/c1-51(2)47-34-41(30-32-43(47)44-33-31-42(35-48(44)51)54-49-24-14-12-22-45(49)46-23-13-15-25-50(46)54)53(38-20-10-5-11-21-38)40-28-26-39(27-29-40)52(36-16-6-3-7-17-36)37-18-8-4-9-19-37/h3-35H,1-2H3. The Kier molecular flexibility index (Phi) is 7.48. The lowest BCUT2D eigenvalue weighted by molar-refractivity contribution is 0.660. The molecule has 54 heavy (non-hydrogen) atoms. The van der Waals surface area contributed by atoms with Gasteiger partial charge in [-0.05, 0) is 119 Å². The van der Waals surface area contributed by atoms with E-state index in [1.165, 1.54) is 49.7 Å². The summed E-state index contributed by atoms with van der Waals surface area (Å²) in [6.45, 7) is 4.75.